The van der Waals surface area contributed by atoms with E-state index in [4.69, 9.17) is 0 Å². The molecular formula is C7H17N. The Bertz CT molecular complexity index is 41.7. The Hall–Kier alpha value is -0.0400. The number of rotatable bonds is 4. The molecule has 0 saturated carbocycles. The third-order valence-corrected chi connectivity index (χ3v) is 1.21. The minimum atomic E-state index is 0.864. The van der Waals surface area contributed by atoms with Crippen molar-refractivity contribution in [2.45, 2.75) is 26.7 Å². The molecule has 1 nitrogen and oxygen atoms in total. The summed E-state index contributed by atoms with van der Waals surface area (Å²) in [5.41, 5.74) is 0. The van der Waals surface area contributed by atoms with Gasteiger partial charge in [0.1, 0.15) is 0 Å². The lowest BCUT2D eigenvalue weighted by Crippen LogP contribution is -2.08. The van der Waals surface area contributed by atoms with Crippen molar-refractivity contribution in [3.63, 3.8) is 0 Å². The first kappa shape index (κ1) is 7.96. The van der Waals surface area contributed by atoms with Crippen LogP contribution in [0.4, 0.5) is 0 Å². The molecule has 0 unspecified atom stereocenters. The Kier molecular flexibility index (Phi) is 5.08. The van der Waals surface area contributed by atoms with Crippen molar-refractivity contribution in [3.8, 4) is 0 Å². The Morgan fingerprint density at radius 3 is 2.38 bits per heavy atom. The molecule has 1 heteroatoms. The third kappa shape index (κ3) is 5.96. The summed E-state index contributed by atoms with van der Waals surface area (Å²) >= 11 is 0. The molecule has 0 rings (SSSR count). The Labute approximate surface area is 52.5 Å². The normalized spacial score (nSPS) is 10.5. The van der Waals surface area contributed by atoms with Crippen molar-refractivity contribution in [2.75, 3.05) is 13.6 Å². The van der Waals surface area contributed by atoms with Crippen molar-refractivity contribution in [2.24, 2.45) is 5.92 Å². The van der Waals surface area contributed by atoms with Crippen LogP contribution in [-0.2, 0) is 0 Å². The average molecular weight is 115 g/mol. The van der Waals surface area contributed by atoms with E-state index < -0.39 is 0 Å². The van der Waals surface area contributed by atoms with E-state index in [1.54, 1.807) is 0 Å². The maximum atomic E-state index is 3.12. The molecule has 0 aliphatic rings. The first-order valence-corrected chi connectivity index (χ1v) is 3.42. The van der Waals surface area contributed by atoms with E-state index in [1.807, 2.05) is 7.05 Å². The van der Waals surface area contributed by atoms with E-state index in [0.29, 0.717) is 0 Å². The topological polar surface area (TPSA) is 12.0 Å². The number of nitrogens with one attached hydrogen (secondary N) is 1. The van der Waals surface area contributed by atoms with Crippen molar-refractivity contribution in [1.82, 2.24) is 5.32 Å². The van der Waals surface area contributed by atoms with E-state index in [1.165, 1.54) is 12.8 Å². The fourth-order valence-corrected chi connectivity index (χ4v) is 0.687. The molecule has 50 valence electrons. The standard InChI is InChI=1S/C7H17N/c1-7(2)5-4-6-8-3/h7-8H,4-6H2,1-3H3. The first-order valence-electron chi connectivity index (χ1n) is 3.42. The minimum Gasteiger partial charge on any atom is -0.320 e. The van der Waals surface area contributed by atoms with Crippen LogP contribution < -0.4 is 5.32 Å². The summed E-state index contributed by atoms with van der Waals surface area (Å²) in [4.78, 5) is 0. The molecular weight excluding hydrogens is 98.1 g/mol. The van der Waals surface area contributed by atoms with Crippen LogP contribution in [0, 0.1) is 5.92 Å². The summed E-state index contributed by atoms with van der Waals surface area (Å²) in [6.45, 7) is 5.68. The lowest BCUT2D eigenvalue weighted by atomic mass is 10.1. The van der Waals surface area contributed by atoms with Crippen LogP contribution in [0.2, 0.25) is 0 Å². The molecule has 0 aromatic heterocycles. The van der Waals surface area contributed by atoms with Crippen LogP contribution in [0.15, 0.2) is 0 Å². The van der Waals surface area contributed by atoms with Crippen molar-refractivity contribution in [1.29, 1.82) is 0 Å². The summed E-state index contributed by atoms with van der Waals surface area (Å²) in [5, 5.41) is 3.12. The molecule has 0 saturated heterocycles. The zero-order valence-electron chi connectivity index (χ0n) is 6.20. The fourth-order valence-electron chi connectivity index (χ4n) is 0.687. The molecule has 0 aromatic carbocycles. The second-order valence-electron chi connectivity index (χ2n) is 2.64. The van der Waals surface area contributed by atoms with E-state index in [-0.39, 0.29) is 0 Å². The van der Waals surface area contributed by atoms with Gasteiger partial charge in [0, 0.05) is 0 Å². The van der Waals surface area contributed by atoms with Gasteiger partial charge in [-0.05, 0) is 32.4 Å². The largest absolute Gasteiger partial charge is 0.320 e. The predicted molar refractivity (Wildman–Crippen MR) is 38.0 cm³/mol. The van der Waals surface area contributed by atoms with Gasteiger partial charge >= 0.3 is 0 Å². The van der Waals surface area contributed by atoms with Crippen molar-refractivity contribution in [3.05, 3.63) is 0 Å². The van der Waals surface area contributed by atoms with E-state index >= 15 is 0 Å². The molecule has 0 aliphatic carbocycles. The van der Waals surface area contributed by atoms with Crippen LogP contribution in [0.5, 0.6) is 0 Å². The second kappa shape index (κ2) is 5.10. The van der Waals surface area contributed by atoms with Crippen LogP contribution in [0.3, 0.4) is 0 Å². The summed E-state index contributed by atoms with van der Waals surface area (Å²) in [5.74, 6) is 0.864. The average Bonchev–Trinajstić information content (AvgIpc) is 1.66. The van der Waals surface area contributed by atoms with Crippen molar-refractivity contribution < 1.29 is 0 Å². The molecule has 0 heterocycles. The summed E-state index contributed by atoms with van der Waals surface area (Å²) in [7, 11) is 2.00. The highest BCUT2D eigenvalue weighted by Crippen LogP contribution is 2.00. The zero-order valence-corrected chi connectivity index (χ0v) is 6.20. The van der Waals surface area contributed by atoms with Gasteiger partial charge in [-0.2, -0.15) is 0 Å². The molecule has 0 bridgehead atoms. The summed E-state index contributed by atoms with van der Waals surface area (Å²) in [6.07, 6.45) is 2.66. The van der Waals surface area contributed by atoms with Crippen molar-refractivity contribution >= 4 is 0 Å². The van der Waals surface area contributed by atoms with Gasteiger partial charge in [-0.1, -0.05) is 13.8 Å². The van der Waals surface area contributed by atoms with Gasteiger partial charge in [-0.3, -0.25) is 0 Å². The fraction of sp³-hybridized carbons (Fsp3) is 1.00. The van der Waals surface area contributed by atoms with E-state index in [2.05, 4.69) is 19.2 Å². The summed E-state index contributed by atoms with van der Waals surface area (Å²) in [6, 6.07) is 0. The first-order chi connectivity index (χ1) is 3.77. The predicted octanol–water partition coefficient (Wildman–Crippen LogP) is 1.64. The lowest BCUT2D eigenvalue weighted by Gasteiger charge is -2.01. The quantitative estimate of drug-likeness (QED) is 0.549. The van der Waals surface area contributed by atoms with E-state index in [9.17, 15) is 0 Å². The summed E-state index contributed by atoms with van der Waals surface area (Å²) < 4.78 is 0. The van der Waals surface area contributed by atoms with Gasteiger partial charge in [-0.15, -0.1) is 0 Å². The molecule has 0 atom stereocenters. The van der Waals surface area contributed by atoms with E-state index in [0.717, 1.165) is 12.5 Å². The van der Waals surface area contributed by atoms with Crippen LogP contribution in [-0.4, -0.2) is 13.6 Å². The Balaban J connectivity index is 2.72. The molecule has 8 heavy (non-hydrogen) atoms. The smallest absolute Gasteiger partial charge is 0.00518 e. The monoisotopic (exact) mass is 115 g/mol. The Morgan fingerprint density at radius 1 is 1.38 bits per heavy atom. The van der Waals surface area contributed by atoms with Gasteiger partial charge in [0.2, 0.25) is 0 Å². The maximum absolute atomic E-state index is 3.12. The van der Waals surface area contributed by atoms with Crippen LogP contribution in [0.1, 0.15) is 26.7 Å². The van der Waals surface area contributed by atoms with Gasteiger partial charge in [0.25, 0.3) is 0 Å². The lowest BCUT2D eigenvalue weighted by molar-refractivity contribution is 0.543. The highest BCUT2D eigenvalue weighted by atomic mass is 14.8. The van der Waals surface area contributed by atoms with Gasteiger partial charge in [0.15, 0.2) is 0 Å². The Morgan fingerprint density at radius 2 is 2.00 bits per heavy atom. The second-order valence-corrected chi connectivity index (χ2v) is 2.64. The molecule has 0 aliphatic heterocycles. The maximum Gasteiger partial charge on any atom is -0.00518 e. The number of hydrogen-bond donors (Lipinski definition) is 1. The highest BCUT2D eigenvalue weighted by molar-refractivity contribution is 4.46. The minimum absolute atomic E-state index is 0.864. The van der Waals surface area contributed by atoms with Gasteiger partial charge < -0.3 is 5.32 Å². The zero-order chi connectivity index (χ0) is 6.41. The highest BCUT2D eigenvalue weighted by Gasteiger charge is 1.90. The molecule has 0 radical (unpaired) electrons. The molecule has 0 spiro atoms. The van der Waals surface area contributed by atoms with Crippen LogP contribution >= 0.6 is 0 Å². The molecule has 1 N–H and O–H groups in total. The molecule has 0 fully saturated rings. The van der Waals surface area contributed by atoms with Crippen LogP contribution in [0.25, 0.3) is 0 Å². The number of hydrogen-bond acceptors (Lipinski definition) is 1. The molecule has 0 aromatic rings. The third-order valence-electron chi connectivity index (χ3n) is 1.21. The SMILES string of the molecule is CNCCCC(C)C. The van der Waals surface area contributed by atoms with Gasteiger partial charge in [-0.25, -0.2) is 0 Å². The van der Waals surface area contributed by atoms with Gasteiger partial charge in [0.05, 0.1) is 0 Å². The molecule has 0 amide bonds.